The van der Waals surface area contributed by atoms with E-state index in [2.05, 4.69) is 159 Å². The minimum Gasteiger partial charge on any atom is -0.457 e. The smallest absolute Gasteiger partial charge is 0.338 e. The standard InChI is InChI=1S/C21H16O2.C20H15NO.C20H14O2/c1-13(2)21(22)23-12-17-9-8-16-7-6-14-4-3-5-15-10-11-18(17)20(16)19(14)15;1-12(2)20(22)21-17-11-9-15-7-6-13-4-3-5-14-8-10-16(17)19(15)18(13)14;1-12(2)20(21)22-17-11-9-15-7-6-13-4-3-5-14-8-10-16(17)19(15)18(13)14/h3-11H,1,12H2,2H3;3-11H,1H2,2H3,(H,21,22);3-11H,1H2,2H3. The SMILES string of the molecule is C=C(C)C(=O)Nc1ccc2ccc3cccc4ccc1c2c34.C=C(C)C(=O)OCc1ccc2ccc3cccc4ccc1c2c34.C=C(C)C(=O)Oc1ccc2ccc3cccc4ccc1c2c34. The van der Waals surface area contributed by atoms with Crippen molar-refractivity contribution in [2.45, 2.75) is 27.4 Å². The van der Waals surface area contributed by atoms with Crippen LogP contribution in [0.5, 0.6) is 5.75 Å². The maximum atomic E-state index is 12.0. The molecule has 0 atom stereocenters. The fraction of sp³-hybridized carbons (Fsp3) is 0.0656. The summed E-state index contributed by atoms with van der Waals surface area (Å²) >= 11 is 0. The predicted molar refractivity (Wildman–Crippen MR) is 279 cm³/mol. The summed E-state index contributed by atoms with van der Waals surface area (Å²) in [6.45, 7) is 16.2. The van der Waals surface area contributed by atoms with Gasteiger partial charge in [-0.3, -0.25) is 4.79 Å². The Kier molecular flexibility index (Phi) is 10.8. The van der Waals surface area contributed by atoms with E-state index in [1.807, 2.05) is 30.3 Å². The second-order valence-corrected chi connectivity index (χ2v) is 17.2. The number of esters is 2. The molecular weight excluding hydrogens is 827 g/mol. The Labute approximate surface area is 387 Å². The lowest BCUT2D eigenvalue weighted by Gasteiger charge is -2.14. The van der Waals surface area contributed by atoms with Gasteiger partial charge in [-0.15, -0.1) is 0 Å². The van der Waals surface area contributed by atoms with E-state index in [4.69, 9.17) is 9.47 Å². The van der Waals surface area contributed by atoms with Gasteiger partial charge < -0.3 is 14.8 Å². The van der Waals surface area contributed by atoms with E-state index in [1.54, 1.807) is 20.8 Å². The molecule has 0 fully saturated rings. The summed E-state index contributed by atoms with van der Waals surface area (Å²) in [7, 11) is 0. The number of hydrogen-bond donors (Lipinski definition) is 1. The first kappa shape index (κ1) is 42.3. The third-order valence-electron chi connectivity index (χ3n) is 12.5. The molecule has 1 N–H and O–H groups in total. The second-order valence-electron chi connectivity index (χ2n) is 17.2. The number of amides is 1. The maximum Gasteiger partial charge on any atom is 0.338 e. The van der Waals surface area contributed by atoms with Crippen LogP contribution in [0.15, 0.2) is 200 Å². The van der Waals surface area contributed by atoms with Gasteiger partial charge in [-0.25, -0.2) is 9.59 Å². The molecule has 0 aromatic heterocycles. The molecule has 0 bridgehead atoms. The number of anilines is 1. The van der Waals surface area contributed by atoms with Crippen molar-refractivity contribution in [2.75, 3.05) is 5.32 Å². The van der Waals surface area contributed by atoms with Crippen molar-refractivity contribution in [3.05, 3.63) is 206 Å². The van der Waals surface area contributed by atoms with Gasteiger partial charge in [0, 0.05) is 38.6 Å². The van der Waals surface area contributed by atoms with Crippen LogP contribution in [-0.4, -0.2) is 17.8 Å². The first-order chi connectivity index (χ1) is 32.4. The molecule has 0 spiro atoms. The molecule has 6 heteroatoms. The van der Waals surface area contributed by atoms with Crippen LogP contribution < -0.4 is 10.1 Å². The van der Waals surface area contributed by atoms with Crippen molar-refractivity contribution in [3.8, 4) is 5.75 Å². The fourth-order valence-electron chi connectivity index (χ4n) is 9.25. The lowest BCUT2D eigenvalue weighted by atomic mass is 9.92. The highest BCUT2D eigenvalue weighted by molar-refractivity contribution is 6.27. The zero-order valence-corrected chi connectivity index (χ0v) is 37.5. The molecule has 0 saturated carbocycles. The lowest BCUT2D eigenvalue weighted by Crippen LogP contribution is -2.12. The molecule has 0 radical (unpaired) electrons. The first-order valence-corrected chi connectivity index (χ1v) is 22.1. The molecule has 67 heavy (non-hydrogen) atoms. The Bertz CT molecular complexity index is 3750. The number of carbonyl (C=O) groups excluding carboxylic acids is 3. The quantitative estimate of drug-likeness (QED) is 0.0747. The van der Waals surface area contributed by atoms with Gasteiger partial charge in [0.1, 0.15) is 12.4 Å². The monoisotopic (exact) mass is 871 g/mol. The van der Waals surface area contributed by atoms with Crippen molar-refractivity contribution >= 4 is 120 Å². The van der Waals surface area contributed by atoms with Crippen molar-refractivity contribution in [1.82, 2.24) is 0 Å². The van der Waals surface area contributed by atoms with Crippen LogP contribution in [0, 0.1) is 0 Å². The molecule has 0 unspecified atom stereocenters. The van der Waals surface area contributed by atoms with Crippen molar-refractivity contribution in [2.24, 2.45) is 0 Å². The third kappa shape index (κ3) is 7.68. The second kappa shape index (κ2) is 17.1. The molecule has 324 valence electrons. The van der Waals surface area contributed by atoms with E-state index >= 15 is 0 Å². The number of nitrogens with one attached hydrogen (secondary N) is 1. The van der Waals surface area contributed by atoms with Crippen LogP contribution in [0.1, 0.15) is 26.3 Å². The summed E-state index contributed by atoms with van der Waals surface area (Å²) in [5, 5.41) is 24.3. The molecule has 6 nitrogen and oxygen atoms in total. The fourth-order valence-corrected chi connectivity index (χ4v) is 9.25. The highest BCUT2D eigenvalue weighted by Gasteiger charge is 2.16. The zero-order chi connectivity index (χ0) is 46.5. The Hall–Kier alpha value is -8.61. The van der Waals surface area contributed by atoms with E-state index in [0.29, 0.717) is 22.5 Å². The Balaban J connectivity index is 0.000000118. The molecule has 1 amide bonds. The van der Waals surface area contributed by atoms with Gasteiger partial charge in [-0.1, -0.05) is 165 Å². The minimum absolute atomic E-state index is 0.143. The van der Waals surface area contributed by atoms with Crippen LogP contribution >= 0.6 is 0 Å². The summed E-state index contributed by atoms with van der Waals surface area (Å²) in [6.07, 6.45) is 0. The summed E-state index contributed by atoms with van der Waals surface area (Å²) in [5.41, 5.74) is 3.17. The largest absolute Gasteiger partial charge is 0.457 e. The summed E-state index contributed by atoms with van der Waals surface area (Å²) in [4.78, 5) is 35.5. The molecule has 0 heterocycles. The molecule has 0 saturated heterocycles. The van der Waals surface area contributed by atoms with E-state index < -0.39 is 5.97 Å². The van der Waals surface area contributed by atoms with E-state index in [9.17, 15) is 14.4 Å². The third-order valence-corrected chi connectivity index (χ3v) is 12.5. The maximum absolute atomic E-state index is 12.0. The Morgan fingerprint density at radius 1 is 0.403 bits per heavy atom. The Morgan fingerprint density at radius 3 is 1.25 bits per heavy atom. The number of rotatable bonds is 7. The highest BCUT2D eigenvalue weighted by atomic mass is 16.5. The number of hydrogen-bond acceptors (Lipinski definition) is 5. The normalized spacial score (nSPS) is 11.3. The molecule has 12 aromatic carbocycles. The van der Waals surface area contributed by atoms with Gasteiger partial charge >= 0.3 is 11.9 Å². The van der Waals surface area contributed by atoms with Crippen LogP contribution in [0.25, 0.3) is 97.0 Å². The average molecular weight is 872 g/mol. The van der Waals surface area contributed by atoms with E-state index in [0.717, 1.165) is 38.2 Å². The number of ether oxygens (including phenoxy) is 2. The molecule has 0 aliphatic rings. The lowest BCUT2D eigenvalue weighted by molar-refractivity contribution is -0.140. The number of benzene rings is 12. The van der Waals surface area contributed by atoms with Gasteiger partial charge in [0.2, 0.25) is 0 Å². The molecule has 0 aliphatic heterocycles. The first-order valence-electron chi connectivity index (χ1n) is 22.1. The van der Waals surface area contributed by atoms with Crippen LogP contribution in [-0.2, 0) is 25.7 Å². The van der Waals surface area contributed by atoms with E-state index in [1.165, 1.54) is 70.0 Å². The molecule has 12 rings (SSSR count). The van der Waals surface area contributed by atoms with Gasteiger partial charge in [0.15, 0.2) is 0 Å². The summed E-state index contributed by atoms with van der Waals surface area (Å²) in [5.74, 6) is -0.306. The van der Waals surface area contributed by atoms with Gasteiger partial charge in [0.05, 0.1) is 0 Å². The summed E-state index contributed by atoms with van der Waals surface area (Å²) in [6, 6.07) is 56.3. The van der Waals surface area contributed by atoms with Gasteiger partial charge in [-0.05, 0) is 125 Å². The average Bonchev–Trinajstić information content (AvgIpc) is 3.34. The van der Waals surface area contributed by atoms with Gasteiger partial charge in [0.25, 0.3) is 5.91 Å². The van der Waals surface area contributed by atoms with Crippen molar-refractivity contribution < 1.29 is 23.9 Å². The predicted octanol–water partition coefficient (Wildman–Crippen LogP) is 15.4. The van der Waals surface area contributed by atoms with Crippen LogP contribution in [0.4, 0.5) is 5.69 Å². The zero-order valence-electron chi connectivity index (χ0n) is 37.5. The molecular formula is C61H45NO5. The van der Waals surface area contributed by atoms with E-state index in [-0.39, 0.29) is 18.5 Å². The highest BCUT2D eigenvalue weighted by Crippen LogP contribution is 2.40. The topological polar surface area (TPSA) is 81.7 Å². The van der Waals surface area contributed by atoms with Gasteiger partial charge in [-0.2, -0.15) is 0 Å². The molecule has 12 aromatic rings. The minimum atomic E-state index is -0.393. The summed E-state index contributed by atoms with van der Waals surface area (Å²) < 4.78 is 10.8. The van der Waals surface area contributed by atoms with Crippen LogP contribution in [0.3, 0.4) is 0 Å². The number of carbonyl (C=O) groups is 3. The Morgan fingerprint density at radius 2 is 0.776 bits per heavy atom. The van der Waals surface area contributed by atoms with Crippen LogP contribution in [0.2, 0.25) is 0 Å². The van der Waals surface area contributed by atoms with Crippen molar-refractivity contribution in [3.63, 3.8) is 0 Å². The van der Waals surface area contributed by atoms with Crippen molar-refractivity contribution in [1.29, 1.82) is 0 Å². The molecule has 0 aliphatic carbocycles.